The fourth-order valence-electron chi connectivity index (χ4n) is 4.23. The zero-order valence-corrected chi connectivity index (χ0v) is 20.8. The molecule has 0 aliphatic rings. The van der Waals surface area contributed by atoms with Crippen LogP contribution in [0, 0.1) is 13.8 Å². The molecule has 0 aliphatic carbocycles. The van der Waals surface area contributed by atoms with Crippen molar-refractivity contribution < 1.29 is 0 Å². The molecule has 176 valence electrons. The number of para-hydroxylation sites is 2. The van der Waals surface area contributed by atoms with Gasteiger partial charge in [-0.2, -0.15) is 0 Å². The average Bonchev–Trinajstić information content (AvgIpc) is 2.93. The van der Waals surface area contributed by atoms with Crippen LogP contribution in [-0.4, -0.2) is 0 Å². The van der Waals surface area contributed by atoms with Gasteiger partial charge in [0.1, 0.15) is 0 Å². The molecule has 5 aromatic carbocycles. The van der Waals surface area contributed by atoms with Crippen molar-refractivity contribution in [3.8, 4) is 0 Å². The van der Waals surface area contributed by atoms with Crippen molar-refractivity contribution in [2.75, 3.05) is 9.80 Å². The van der Waals surface area contributed by atoms with Gasteiger partial charge >= 0.3 is 0 Å². The van der Waals surface area contributed by atoms with Crippen LogP contribution in [-0.2, 0) is 0 Å². The maximum absolute atomic E-state index is 2.30. The van der Waals surface area contributed by atoms with E-state index in [-0.39, 0.29) is 0 Å². The SMILES string of the molecule is Cc1ccc(N(c2ccc(C)cc2)c2ccc(/C=C/N(c3ccccc3)c3ccccc3)cc2)cc1. The van der Waals surface area contributed by atoms with E-state index in [2.05, 4.69) is 157 Å². The molecular formula is C34H30N2. The summed E-state index contributed by atoms with van der Waals surface area (Å²) in [5.41, 5.74) is 9.32. The number of rotatable bonds is 7. The molecule has 0 amide bonds. The predicted octanol–water partition coefficient (Wildman–Crippen LogP) is 9.58. The lowest BCUT2D eigenvalue weighted by molar-refractivity contribution is 1.27. The molecule has 0 unspecified atom stereocenters. The highest BCUT2D eigenvalue weighted by Gasteiger charge is 2.12. The normalized spacial score (nSPS) is 10.9. The highest BCUT2D eigenvalue weighted by Crippen LogP contribution is 2.35. The lowest BCUT2D eigenvalue weighted by Crippen LogP contribution is -2.10. The topological polar surface area (TPSA) is 6.48 Å². The number of aryl methyl sites for hydroxylation is 2. The Kier molecular flexibility index (Phi) is 6.95. The maximum Gasteiger partial charge on any atom is 0.0462 e. The molecule has 0 bridgehead atoms. The molecule has 0 N–H and O–H groups in total. The van der Waals surface area contributed by atoms with Crippen LogP contribution in [0.5, 0.6) is 0 Å². The smallest absolute Gasteiger partial charge is 0.0462 e. The van der Waals surface area contributed by atoms with E-state index in [0.717, 1.165) is 34.0 Å². The fraction of sp³-hybridized carbons (Fsp3) is 0.0588. The third kappa shape index (κ3) is 5.39. The zero-order chi connectivity index (χ0) is 24.7. The molecule has 0 spiro atoms. The van der Waals surface area contributed by atoms with Gasteiger partial charge in [-0.25, -0.2) is 0 Å². The Morgan fingerprint density at radius 2 is 0.806 bits per heavy atom. The molecule has 2 nitrogen and oxygen atoms in total. The van der Waals surface area contributed by atoms with Crippen molar-refractivity contribution in [1.29, 1.82) is 0 Å². The van der Waals surface area contributed by atoms with Gasteiger partial charge in [-0.05, 0) is 86.2 Å². The van der Waals surface area contributed by atoms with Crippen LogP contribution in [0.2, 0.25) is 0 Å². The number of benzene rings is 5. The lowest BCUT2D eigenvalue weighted by atomic mass is 10.1. The third-order valence-corrected chi connectivity index (χ3v) is 6.22. The predicted molar refractivity (Wildman–Crippen MR) is 155 cm³/mol. The second-order valence-electron chi connectivity index (χ2n) is 8.95. The van der Waals surface area contributed by atoms with E-state index < -0.39 is 0 Å². The Morgan fingerprint density at radius 1 is 0.417 bits per heavy atom. The van der Waals surface area contributed by atoms with E-state index >= 15 is 0 Å². The summed E-state index contributed by atoms with van der Waals surface area (Å²) in [5, 5.41) is 0. The molecule has 0 saturated heterocycles. The minimum Gasteiger partial charge on any atom is -0.317 e. The fourth-order valence-corrected chi connectivity index (χ4v) is 4.23. The van der Waals surface area contributed by atoms with E-state index in [1.807, 2.05) is 12.1 Å². The van der Waals surface area contributed by atoms with Gasteiger partial charge < -0.3 is 9.80 Å². The Balaban J connectivity index is 1.46. The highest BCUT2D eigenvalue weighted by atomic mass is 15.1. The second-order valence-corrected chi connectivity index (χ2v) is 8.95. The first-order chi connectivity index (χ1) is 17.7. The van der Waals surface area contributed by atoms with Crippen molar-refractivity contribution in [1.82, 2.24) is 0 Å². The van der Waals surface area contributed by atoms with E-state index in [9.17, 15) is 0 Å². The summed E-state index contributed by atoms with van der Waals surface area (Å²) in [5.74, 6) is 0. The van der Waals surface area contributed by atoms with E-state index in [1.54, 1.807) is 0 Å². The summed E-state index contributed by atoms with van der Waals surface area (Å²) in [4.78, 5) is 4.51. The molecule has 36 heavy (non-hydrogen) atoms. The van der Waals surface area contributed by atoms with Crippen LogP contribution in [0.15, 0.2) is 140 Å². The summed E-state index contributed by atoms with van der Waals surface area (Å²) in [7, 11) is 0. The standard InChI is InChI=1S/C34H30N2/c1-27-13-19-32(20-14-27)36(33-21-15-28(2)16-22-33)34-23-17-29(18-24-34)25-26-35(30-9-5-3-6-10-30)31-11-7-4-8-12-31/h3-26H,1-2H3/b26-25+. The van der Waals surface area contributed by atoms with Crippen molar-refractivity contribution in [3.63, 3.8) is 0 Å². The van der Waals surface area contributed by atoms with Gasteiger partial charge in [0.15, 0.2) is 0 Å². The molecular weight excluding hydrogens is 436 g/mol. The molecule has 0 radical (unpaired) electrons. The van der Waals surface area contributed by atoms with Gasteiger partial charge in [-0.3, -0.25) is 0 Å². The van der Waals surface area contributed by atoms with Crippen LogP contribution in [0.1, 0.15) is 16.7 Å². The van der Waals surface area contributed by atoms with Crippen LogP contribution < -0.4 is 9.80 Å². The van der Waals surface area contributed by atoms with Gasteiger partial charge in [0.05, 0.1) is 0 Å². The summed E-state index contributed by atoms with van der Waals surface area (Å²) in [6.07, 6.45) is 4.29. The van der Waals surface area contributed by atoms with Gasteiger partial charge in [0.25, 0.3) is 0 Å². The minimum atomic E-state index is 1.13. The first-order valence-corrected chi connectivity index (χ1v) is 12.3. The lowest BCUT2D eigenvalue weighted by Gasteiger charge is -2.26. The molecule has 5 aromatic rings. The Hall–Kier alpha value is -4.56. The largest absolute Gasteiger partial charge is 0.317 e. The van der Waals surface area contributed by atoms with Crippen LogP contribution >= 0.6 is 0 Å². The van der Waals surface area contributed by atoms with Crippen molar-refractivity contribution in [2.24, 2.45) is 0 Å². The summed E-state index contributed by atoms with van der Waals surface area (Å²) in [6.45, 7) is 4.24. The number of hydrogen-bond acceptors (Lipinski definition) is 2. The molecule has 0 aliphatic heterocycles. The maximum atomic E-state index is 2.30. The van der Waals surface area contributed by atoms with Crippen molar-refractivity contribution >= 4 is 34.5 Å². The van der Waals surface area contributed by atoms with Crippen LogP contribution in [0.3, 0.4) is 0 Å². The highest BCUT2D eigenvalue weighted by molar-refractivity contribution is 5.77. The summed E-state index contributed by atoms with van der Waals surface area (Å²) < 4.78 is 0. The first-order valence-electron chi connectivity index (χ1n) is 12.3. The van der Waals surface area contributed by atoms with Crippen LogP contribution in [0.4, 0.5) is 28.4 Å². The molecule has 0 aromatic heterocycles. The molecule has 2 heteroatoms. The second kappa shape index (κ2) is 10.8. The molecule has 0 atom stereocenters. The first kappa shape index (κ1) is 23.2. The number of anilines is 5. The van der Waals surface area contributed by atoms with Gasteiger partial charge in [0.2, 0.25) is 0 Å². The van der Waals surface area contributed by atoms with Gasteiger partial charge in [0, 0.05) is 34.6 Å². The minimum absolute atomic E-state index is 1.13. The summed E-state index contributed by atoms with van der Waals surface area (Å²) >= 11 is 0. The van der Waals surface area contributed by atoms with Gasteiger partial charge in [-0.1, -0.05) is 83.9 Å². The van der Waals surface area contributed by atoms with E-state index in [1.165, 1.54) is 11.1 Å². The van der Waals surface area contributed by atoms with Crippen LogP contribution in [0.25, 0.3) is 6.08 Å². The summed E-state index contributed by atoms with van der Waals surface area (Å²) in [6, 6.07) is 47.0. The Morgan fingerprint density at radius 3 is 1.22 bits per heavy atom. The van der Waals surface area contributed by atoms with Gasteiger partial charge in [-0.15, -0.1) is 0 Å². The van der Waals surface area contributed by atoms with E-state index in [0.29, 0.717) is 0 Å². The quantitative estimate of drug-likeness (QED) is 0.236. The zero-order valence-electron chi connectivity index (χ0n) is 20.8. The Labute approximate surface area is 214 Å². The molecule has 5 rings (SSSR count). The third-order valence-electron chi connectivity index (χ3n) is 6.22. The monoisotopic (exact) mass is 466 g/mol. The average molecular weight is 467 g/mol. The molecule has 0 saturated carbocycles. The number of hydrogen-bond donors (Lipinski definition) is 0. The van der Waals surface area contributed by atoms with Crippen molar-refractivity contribution in [2.45, 2.75) is 13.8 Å². The number of nitrogens with zero attached hydrogens (tertiary/aromatic N) is 2. The Bertz CT molecular complexity index is 1320. The van der Waals surface area contributed by atoms with Crippen molar-refractivity contribution in [3.05, 3.63) is 156 Å². The molecule has 0 heterocycles. The van der Waals surface area contributed by atoms with E-state index in [4.69, 9.17) is 0 Å². The molecule has 0 fully saturated rings.